The highest BCUT2D eigenvalue weighted by Gasteiger charge is 2.18. The largest absolute Gasteiger partial charge is 0.354 e. The Morgan fingerprint density at radius 3 is 2.86 bits per heavy atom. The van der Waals surface area contributed by atoms with Crippen LogP contribution in [0.25, 0.3) is 0 Å². The fourth-order valence-corrected chi connectivity index (χ4v) is 2.47. The molecule has 9 heteroatoms. The van der Waals surface area contributed by atoms with Gasteiger partial charge in [0.1, 0.15) is 6.20 Å². The van der Waals surface area contributed by atoms with Gasteiger partial charge >= 0.3 is 5.69 Å². The SMILES string of the molecule is CCNc1ncc([N+](=O)[O-])c(Nc2ccc(I)cc2Cl)n1. The minimum Gasteiger partial charge on any atom is -0.354 e. The van der Waals surface area contributed by atoms with Gasteiger partial charge in [-0.25, -0.2) is 4.98 Å². The van der Waals surface area contributed by atoms with Gasteiger partial charge in [0, 0.05) is 10.1 Å². The van der Waals surface area contributed by atoms with Crippen molar-refractivity contribution in [2.45, 2.75) is 6.92 Å². The average molecular weight is 420 g/mol. The highest BCUT2D eigenvalue weighted by molar-refractivity contribution is 14.1. The molecule has 1 heterocycles. The van der Waals surface area contributed by atoms with E-state index in [0.717, 1.165) is 9.77 Å². The Hall–Kier alpha value is -1.68. The van der Waals surface area contributed by atoms with Crippen LogP contribution in [0.1, 0.15) is 6.92 Å². The maximum atomic E-state index is 11.1. The van der Waals surface area contributed by atoms with Gasteiger partial charge in [0.25, 0.3) is 0 Å². The summed E-state index contributed by atoms with van der Waals surface area (Å²) in [5.41, 5.74) is 0.326. The normalized spacial score (nSPS) is 10.2. The number of hydrogen-bond acceptors (Lipinski definition) is 6. The number of nitrogens with one attached hydrogen (secondary N) is 2. The average Bonchev–Trinajstić information content (AvgIpc) is 2.42. The molecule has 0 aliphatic carbocycles. The third kappa shape index (κ3) is 3.91. The molecule has 2 N–H and O–H groups in total. The fraction of sp³-hybridized carbons (Fsp3) is 0.167. The summed E-state index contributed by atoms with van der Waals surface area (Å²) in [4.78, 5) is 18.5. The molecular weight excluding hydrogens is 409 g/mol. The van der Waals surface area contributed by atoms with E-state index >= 15 is 0 Å². The van der Waals surface area contributed by atoms with E-state index in [2.05, 4.69) is 43.2 Å². The zero-order valence-electron chi connectivity index (χ0n) is 10.9. The Bertz CT molecular complexity index is 683. The summed E-state index contributed by atoms with van der Waals surface area (Å²) in [7, 11) is 0. The minimum atomic E-state index is -0.543. The van der Waals surface area contributed by atoms with Crippen molar-refractivity contribution < 1.29 is 4.92 Å². The molecule has 0 bridgehead atoms. The molecule has 0 spiro atoms. The molecular formula is C12H11ClIN5O2. The fourth-order valence-electron chi connectivity index (χ4n) is 1.56. The van der Waals surface area contributed by atoms with Gasteiger partial charge in [-0.3, -0.25) is 10.1 Å². The first-order valence-electron chi connectivity index (χ1n) is 5.98. The summed E-state index contributed by atoms with van der Waals surface area (Å²) in [5, 5.41) is 17.3. The molecule has 2 aromatic rings. The summed E-state index contributed by atoms with van der Waals surface area (Å²) in [5.74, 6) is 0.404. The molecule has 0 saturated heterocycles. The predicted octanol–water partition coefficient (Wildman–Crippen LogP) is 3.82. The number of hydrogen-bond donors (Lipinski definition) is 2. The van der Waals surface area contributed by atoms with Crippen LogP contribution in [0.4, 0.5) is 23.1 Å². The van der Waals surface area contributed by atoms with Crippen LogP contribution >= 0.6 is 34.2 Å². The van der Waals surface area contributed by atoms with Gasteiger partial charge in [-0.2, -0.15) is 4.98 Å². The first kappa shape index (κ1) is 15.7. The molecule has 1 aromatic heterocycles. The van der Waals surface area contributed by atoms with Crippen molar-refractivity contribution in [3.63, 3.8) is 0 Å². The predicted molar refractivity (Wildman–Crippen MR) is 90.3 cm³/mol. The number of halogens is 2. The molecule has 0 radical (unpaired) electrons. The molecule has 0 amide bonds. The second-order valence-electron chi connectivity index (χ2n) is 3.96. The number of aromatic nitrogens is 2. The first-order valence-corrected chi connectivity index (χ1v) is 7.44. The van der Waals surface area contributed by atoms with Crippen LogP contribution < -0.4 is 10.6 Å². The van der Waals surface area contributed by atoms with Crippen molar-refractivity contribution in [3.05, 3.63) is 43.1 Å². The molecule has 0 aliphatic rings. The van der Waals surface area contributed by atoms with Crippen molar-refractivity contribution in [1.29, 1.82) is 0 Å². The minimum absolute atomic E-state index is 0.0917. The molecule has 110 valence electrons. The van der Waals surface area contributed by atoms with Gasteiger partial charge in [0.15, 0.2) is 0 Å². The van der Waals surface area contributed by atoms with E-state index < -0.39 is 4.92 Å². The molecule has 21 heavy (non-hydrogen) atoms. The quantitative estimate of drug-likeness (QED) is 0.435. The molecule has 0 aliphatic heterocycles. The number of anilines is 3. The maximum Gasteiger partial charge on any atom is 0.329 e. The molecule has 1 aromatic carbocycles. The van der Waals surface area contributed by atoms with Crippen molar-refractivity contribution in [2.24, 2.45) is 0 Å². The van der Waals surface area contributed by atoms with Crippen LogP contribution in [0.5, 0.6) is 0 Å². The summed E-state index contributed by atoms with van der Waals surface area (Å²) in [6.07, 6.45) is 1.16. The van der Waals surface area contributed by atoms with E-state index in [4.69, 9.17) is 11.6 Å². The highest BCUT2D eigenvalue weighted by Crippen LogP contribution is 2.30. The van der Waals surface area contributed by atoms with Crippen LogP contribution in [0, 0.1) is 13.7 Å². The Balaban J connectivity index is 2.40. The smallest absolute Gasteiger partial charge is 0.329 e. The van der Waals surface area contributed by atoms with Crippen molar-refractivity contribution in [1.82, 2.24) is 9.97 Å². The lowest BCUT2D eigenvalue weighted by molar-refractivity contribution is -0.384. The van der Waals surface area contributed by atoms with Crippen LogP contribution in [0.3, 0.4) is 0 Å². The van der Waals surface area contributed by atoms with E-state index in [0.29, 0.717) is 23.2 Å². The summed E-state index contributed by atoms with van der Waals surface area (Å²) < 4.78 is 0.966. The maximum absolute atomic E-state index is 11.1. The summed E-state index contributed by atoms with van der Waals surface area (Å²) in [6, 6.07) is 5.33. The van der Waals surface area contributed by atoms with Gasteiger partial charge in [-0.05, 0) is 47.7 Å². The second-order valence-corrected chi connectivity index (χ2v) is 5.62. The zero-order valence-corrected chi connectivity index (χ0v) is 13.8. The number of rotatable bonds is 5. The zero-order chi connectivity index (χ0) is 15.4. The van der Waals surface area contributed by atoms with Crippen LogP contribution in [-0.4, -0.2) is 21.4 Å². The molecule has 0 atom stereocenters. The van der Waals surface area contributed by atoms with E-state index in [1.165, 1.54) is 0 Å². The van der Waals surface area contributed by atoms with E-state index in [1.54, 1.807) is 12.1 Å². The monoisotopic (exact) mass is 419 g/mol. The van der Waals surface area contributed by atoms with E-state index in [-0.39, 0.29) is 11.5 Å². The van der Waals surface area contributed by atoms with Gasteiger partial charge in [-0.1, -0.05) is 11.6 Å². The van der Waals surface area contributed by atoms with Crippen LogP contribution in [-0.2, 0) is 0 Å². The summed E-state index contributed by atoms with van der Waals surface area (Å²) in [6.45, 7) is 2.50. The van der Waals surface area contributed by atoms with Gasteiger partial charge in [0.2, 0.25) is 11.8 Å². The van der Waals surface area contributed by atoms with Crippen molar-refractivity contribution >= 4 is 57.3 Å². The van der Waals surface area contributed by atoms with E-state index in [9.17, 15) is 10.1 Å². The number of nitrogens with zero attached hydrogens (tertiary/aromatic N) is 3. The Morgan fingerprint density at radius 2 is 2.24 bits per heavy atom. The topological polar surface area (TPSA) is 93.0 Å². The second kappa shape index (κ2) is 6.85. The summed E-state index contributed by atoms with van der Waals surface area (Å²) >= 11 is 8.25. The lowest BCUT2D eigenvalue weighted by Gasteiger charge is -2.09. The third-order valence-electron chi connectivity index (χ3n) is 2.49. The molecule has 7 nitrogen and oxygen atoms in total. The third-order valence-corrected chi connectivity index (χ3v) is 3.47. The van der Waals surface area contributed by atoms with Crippen molar-refractivity contribution in [2.75, 3.05) is 17.2 Å². The van der Waals surface area contributed by atoms with Gasteiger partial charge < -0.3 is 10.6 Å². The van der Waals surface area contributed by atoms with Crippen LogP contribution in [0.2, 0.25) is 5.02 Å². The first-order chi connectivity index (χ1) is 10.0. The van der Waals surface area contributed by atoms with Crippen molar-refractivity contribution in [3.8, 4) is 0 Å². The molecule has 2 rings (SSSR count). The lowest BCUT2D eigenvalue weighted by Crippen LogP contribution is -2.06. The molecule has 0 saturated carbocycles. The van der Waals surface area contributed by atoms with E-state index in [1.807, 2.05) is 13.0 Å². The van der Waals surface area contributed by atoms with Gasteiger partial charge in [0.05, 0.1) is 15.6 Å². The number of nitro groups is 1. The Morgan fingerprint density at radius 1 is 1.48 bits per heavy atom. The number of benzene rings is 1. The molecule has 0 fully saturated rings. The molecule has 0 unspecified atom stereocenters. The highest BCUT2D eigenvalue weighted by atomic mass is 127. The van der Waals surface area contributed by atoms with Gasteiger partial charge in [-0.15, -0.1) is 0 Å². The van der Waals surface area contributed by atoms with Crippen LogP contribution in [0.15, 0.2) is 24.4 Å². The Kier molecular flexibility index (Phi) is 5.12. The standard InChI is InChI=1S/C12H11ClIN5O2/c1-2-15-12-16-6-10(19(20)21)11(18-12)17-9-4-3-7(14)5-8(9)13/h3-6H,2H2,1H3,(H2,15,16,17,18). The Labute approximate surface area is 139 Å². The lowest BCUT2D eigenvalue weighted by atomic mass is 10.3.